The zero-order chi connectivity index (χ0) is 14.0. The first-order chi connectivity index (χ1) is 8.85. The molecule has 1 aromatic rings. The van der Waals surface area contributed by atoms with Crippen LogP contribution < -0.4 is 10.8 Å². The highest BCUT2D eigenvalue weighted by Gasteiger charge is 2.29. The number of hydrogen-bond donors (Lipinski definition) is 2. The molecule has 1 aromatic heterocycles. The summed E-state index contributed by atoms with van der Waals surface area (Å²) in [5, 5.41) is 3.50. The molecule has 0 aliphatic heterocycles. The van der Waals surface area contributed by atoms with Gasteiger partial charge >= 0.3 is 0 Å². The van der Waals surface area contributed by atoms with E-state index < -0.39 is 5.60 Å². The summed E-state index contributed by atoms with van der Waals surface area (Å²) in [6.07, 6.45) is 1.92. The molecule has 0 saturated heterocycles. The normalized spacial score (nSPS) is 15.1. The highest BCUT2D eigenvalue weighted by molar-refractivity contribution is 7.18. The molecule has 2 amide bonds. The Hall–Kier alpha value is -1.40. The highest BCUT2D eigenvalue weighted by Crippen LogP contribution is 2.31. The maximum atomic E-state index is 11.8. The van der Waals surface area contributed by atoms with Gasteiger partial charge in [-0.3, -0.25) is 14.4 Å². The molecule has 0 unspecified atom stereocenters. The number of hydrogen-bond acceptors (Lipinski definition) is 4. The van der Waals surface area contributed by atoms with E-state index in [4.69, 9.17) is 4.84 Å². The highest BCUT2D eigenvalue weighted by atomic mass is 32.1. The second-order valence-electron chi connectivity index (χ2n) is 5.57. The Morgan fingerprint density at radius 2 is 2.00 bits per heavy atom. The van der Waals surface area contributed by atoms with Gasteiger partial charge in [-0.2, -0.15) is 0 Å². The van der Waals surface area contributed by atoms with Crippen LogP contribution in [0, 0.1) is 5.92 Å². The minimum Gasteiger partial charge on any atom is -0.317 e. The van der Waals surface area contributed by atoms with Gasteiger partial charge in [0, 0.05) is 5.92 Å². The number of hydroxylamine groups is 1. The van der Waals surface area contributed by atoms with Crippen LogP contribution in [-0.2, 0) is 9.63 Å². The summed E-state index contributed by atoms with van der Waals surface area (Å²) in [5.41, 5.74) is 1.96. The first kappa shape index (κ1) is 14.0. The predicted octanol–water partition coefficient (Wildman–Crippen LogP) is 2.56. The molecule has 1 fully saturated rings. The Morgan fingerprint density at radius 1 is 1.32 bits per heavy atom. The van der Waals surface area contributed by atoms with Gasteiger partial charge in [0.05, 0.1) is 15.5 Å². The molecule has 1 aliphatic rings. The summed E-state index contributed by atoms with van der Waals surface area (Å²) >= 11 is 1.24. The van der Waals surface area contributed by atoms with E-state index in [1.165, 1.54) is 11.3 Å². The number of nitrogens with one attached hydrogen (secondary N) is 2. The molecular weight excluding hydrogens is 264 g/mol. The van der Waals surface area contributed by atoms with Crippen LogP contribution in [0.15, 0.2) is 12.1 Å². The fourth-order valence-corrected chi connectivity index (χ4v) is 2.14. The molecule has 5 nitrogen and oxygen atoms in total. The molecule has 19 heavy (non-hydrogen) atoms. The number of amides is 2. The summed E-state index contributed by atoms with van der Waals surface area (Å²) in [7, 11) is 0. The van der Waals surface area contributed by atoms with E-state index in [1.807, 2.05) is 20.8 Å². The molecular formula is C13H18N2O3S. The molecule has 2 rings (SSSR count). The number of thiophene rings is 1. The Morgan fingerprint density at radius 3 is 2.58 bits per heavy atom. The first-order valence-electron chi connectivity index (χ1n) is 6.24. The fraction of sp³-hybridized carbons (Fsp3) is 0.538. The molecule has 0 atom stereocenters. The first-order valence-corrected chi connectivity index (χ1v) is 7.06. The van der Waals surface area contributed by atoms with Crippen LogP contribution >= 0.6 is 11.3 Å². The topological polar surface area (TPSA) is 67.4 Å². The van der Waals surface area contributed by atoms with Crippen LogP contribution in [0.2, 0.25) is 0 Å². The largest absolute Gasteiger partial charge is 0.317 e. The maximum Gasteiger partial charge on any atom is 0.284 e. The Labute approximate surface area is 116 Å². The van der Waals surface area contributed by atoms with Crippen molar-refractivity contribution in [2.75, 3.05) is 5.32 Å². The number of carbonyl (C=O) groups is 2. The Kier molecular flexibility index (Phi) is 3.91. The van der Waals surface area contributed by atoms with E-state index in [0.717, 1.165) is 12.8 Å². The van der Waals surface area contributed by atoms with Gasteiger partial charge in [0.2, 0.25) is 5.91 Å². The molecule has 1 saturated carbocycles. The van der Waals surface area contributed by atoms with Crippen molar-refractivity contribution in [1.29, 1.82) is 0 Å². The second kappa shape index (κ2) is 5.30. The zero-order valence-corrected chi connectivity index (χ0v) is 12.1. The number of carbonyl (C=O) groups excluding carboxylic acids is 2. The lowest BCUT2D eigenvalue weighted by Gasteiger charge is -2.18. The molecule has 6 heteroatoms. The van der Waals surface area contributed by atoms with Crippen LogP contribution in [0.4, 0.5) is 5.00 Å². The third-order valence-electron chi connectivity index (χ3n) is 2.47. The standard InChI is InChI=1S/C13H18N2O3S/c1-13(2,3)18-15-12(17)9-6-7-10(19-9)14-11(16)8-4-5-8/h6-8H,4-5H2,1-3H3,(H,14,16)(H,15,17). The van der Waals surface area contributed by atoms with Gasteiger partial charge in [0.15, 0.2) is 0 Å². The van der Waals surface area contributed by atoms with E-state index >= 15 is 0 Å². The average molecular weight is 282 g/mol. The van der Waals surface area contributed by atoms with Gasteiger partial charge in [0.1, 0.15) is 0 Å². The van der Waals surface area contributed by atoms with E-state index in [0.29, 0.717) is 9.88 Å². The van der Waals surface area contributed by atoms with Gasteiger partial charge in [-0.15, -0.1) is 11.3 Å². The molecule has 0 radical (unpaired) electrons. The lowest BCUT2D eigenvalue weighted by molar-refractivity contribution is -0.117. The Balaban J connectivity index is 1.88. The third-order valence-corrected chi connectivity index (χ3v) is 3.47. The van der Waals surface area contributed by atoms with Crippen molar-refractivity contribution < 1.29 is 14.4 Å². The maximum absolute atomic E-state index is 11.8. The van der Waals surface area contributed by atoms with Crippen molar-refractivity contribution in [2.24, 2.45) is 5.92 Å². The monoisotopic (exact) mass is 282 g/mol. The molecule has 1 heterocycles. The van der Waals surface area contributed by atoms with E-state index in [-0.39, 0.29) is 17.7 Å². The summed E-state index contributed by atoms with van der Waals surface area (Å²) in [6.45, 7) is 5.55. The second-order valence-corrected chi connectivity index (χ2v) is 6.66. The molecule has 1 aliphatic carbocycles. The van der Waals surface area contributed by atoms with Crippen molar-refractivity contribution in [3.63, 3.8) is 0 Å². The smallest absolute Gasteiger partial charge is 0.284 e. The average Bonchev–Trinajstić information content (AvgIpc) is 3.06. The summed E-state index contributed by atoms with van der Waals surface area (Å²) in [6, 6.07) is 3.41. The van der Waals surface area contributed by atoms with Crippen LogP contribution in [0.3, 0.4) is 0 Å². The lowest BCUT2D eigenvalue weighted by atomic mass is 10.2. The zero-order valence-electron chi connectivity index (χ0n) is 11.3. The SMILES string of the molecule is CC(C)(C)ONC(=O)c1ccc(NC(=O)C2CC2)s1. The molecule has 2 N–H and O–H groups in total. The summed E-state index contributed by atoms with van der Waals surface area (Å²) < 4.78 is 0. The van der Waals surface area contributed by atoms with E-state index in [1.54, 1.807) is 12.1 Å². The van der Waals surface area contributed by atoms with Crippen LogP contribution in [-0.4, -0.2) is 17.4 Å². The van der Waals surface area contributed by atoms with Gasteiger partial charge < -0.3 is 5.32 Å². The fourth-order valence-electron chi connectivity index (χ4n) is 1.35. The quantitative estimate of drug-likeness (QED) is 0.834. The lowest BCUT2D eigenvalue weighted by Crippen LogP contribution is -2.33. The molecule has 0 bridgehead atoms. The van der Waals surface area contributed by atoms with Crippen LogP contribution in [0.25, 0.3) is 0 Å². The van der Waals surface area contributed by atoms with Gasteiger partial charge in [-0.1, -0.05) is 0 Å². The van der Waals surface area contributed by atoms with Crippen molar-refractivity contribution >= 4 is 28.2 Å². The minimum absolute atomic E-state index is 0.0414. The number of rotatable bonds is 4. The van der Waals surface area contributed by atoms with E-state index in [9.17, 15) is 9.59 Å². The molecule has 104 valence electrons. The third kappa shape index (κ3) is 4.33. The van der Waals surface area contributed by atoms with Crippen LogP contribution in [0.5, 0.6) is 0 Å². The Bertz CT molecular complexity index is 486. The minimum atomic E-state index is -0.435. The van der Waals surface area contributed by atoms with Crippen molar-refractivity contribution in [3.05, 3.63) is 17.0 Å². The van der Waals surface area contributed by atoms with Gasteiger partial charge in [0.25, 0.3) is 5.91 Å². The molecule has 0 aromatic carbocycles. The van der Waals surface area contributed by atoms with Gasteiger partial charge in [-0.25, -0.2) is 5.48 Å². The molecule has 0 spiro atoms. The summed E-state index contributed by atoms with van der Waals surface area (Å²) in [5.74, 6) is -0.102. The number of anilines is 1. The van der Waals surface area contributed by atoms with E-state index in [2.05, 4.69) is 10.8 Å². The van der Waals surface area contributed by atoms with Gasteiger partial charge in [-0.05, 0) is 45.7 Å². The van der Waals surface area contributed by atoms with Crippen LogP contribution in [0.1, 0.15) is 43.3 Å². The van der Waals surface area contributed by atoms with Crippen molar-refractivity contribution in [1.82, 2.24) is 5.48 Å². The predicted molar refractivity (Wildman–Crippen MR) is 74.0 cm³/mol. The van der Waals surface area contributed by atoms with Crippen molar-refractivity contribution in [2.45, 2.75) is 39.2 Å². The summed E-state index contributed by atoms with van der Waals surface area (Å²) in [4.78, 5) is 29.1. The van der Waals surface area contributed by atoms with Crippen molar-refractivity contribution in [3.8, 4) is 0 Å².